The third kappa shape index (κ3) is 4.53. The summed E-state index contributed by atoms with van der Waals surface area (Å²) < 4.78 is 21.4. The molecule has 2 aliphatic rings. The number of aromatic nitrogens is 5. The van der Waals surface area contributed by atoms with Gasteiger partial charge >= 0.3 is 0 Å². The van der Waals surface area contributed by atoms with E-state index in [1.807, 2.05) is 10.9 Å². The van der Waals surface area contributed by atoms with E-state index < -0.39 is 12.2 Å². The average molecular weight is 446 g/mol. The lowest BCUT2D eigenvalue weighted by Crippen LogP contribution is -2.32. The molecule has 0 aromatic carbocycles. The highest BCUT2D eigenvalue weighted by atomic mass is 32.1. The average Bonchev–Trinajstić information content (AvgIpc) is 3.16. The minimum atomic E-state index is -1.15. The molecule has 0 radical (unpaired) electrons. The molecule has 4 N–H and O–H groups in total. The van der Waals surface area contributed by atoms with Gasteiger partial charge in [0.05, 0.1) is 42.5 Å². The summed E-state index contributed by atoms with van der Waals surface area (Å²) in [6, 6.07) is 0.00106. The predicted molar refractivity (Wildman–Crippen MR) is 114 cm³/mol. The number of thiazole rings is 1. The van der Waals surface area contributed by atoms with Crippen LogP contribution in [0.1, 0.15) is 47.9 Å². The molecule has 164 valence electrons. The van der Waals surface area contributed by atoms with E-state index in [1.165, 1.54) is 11.3 Å². The van der Waals surface area contributed by atoms with Gasteiger partial charge in [0.2, 0.25) is 0 Å². The fraction of sp³-hybridized carbons (Fsp3) is 0.500. The normalized spacial score (nSPS) is 24.1. The Kier molecular flexibility index (Phi) is 5.55. The second-order valence-electron chi connectivity index (χ2n) is 8.11. The van der Waals surface area contributed by atoms with Crippen molar-refractivity contribution in [2.45, 2.75) is 56.5 Å². The van der Waals surface area contributed by atoms with Gasteiger partial charge in [-0.05, 0) is 25.7 Å². The van der Waals surface area contributed by atoms with Crippen LogP contribution in [0.25, 0.3) is 10.6 Å². The van der Waals surface area contributed by atoms with Gasteiger partial charge in [0.1, 0.15) is 16.9 Å². The highest BCUT2D eigenvalue weighted by molar-refractivity contribution is 7.13. The van der Waals surface area contributed by atoms with Crippen molar-refractivity contribution in [3.63, 3.8) is 0 Å². The lowest BCUT2D eigenvalue weighted by Gasteiger charge is -2.15. The molecular formula is C20H24FN7O2S. The number of halogens is 1. The Morgan fingerprint density at radius 1 is 1.35 bits per heavy atom. The predicted octanol–water partition coefficient (Wildman–Crippen LogP) is 2.70. The zero-order chi connectivity index (χ0) is 21.4. The lowest BCUT2D eigenvalue weighted by atomic mass is 10.0. The van der Waals surface area contributed by atoms with Crippen LogP contribution >= 0.6 is 11.3 Å². The Morgan fingerprint density at radius 3 is 3.06 bits per heavy atom. The summed E-state index contributed by atoms with van der Waals surface area (Å²) in [5.41, 5.74) is 8.33. The summed E-state index contributed by atoms with van der Waals surface area (Å²) in [5, 5.41) is 16.7. The Hall–Kier alpha value is -2.63. The molecule has 2 fully saturated rings. The number of nitrogens with one attached hydrogen (secondary N) is 2. The van der Waals surface area contributed by atoms with Crippen LogP contribution in [0.5, 0.6) is 0 Å². The van der Waals surface area contributed by atoms with Crippen LogP contribution in [0.2, 0.25) is 0 Å². The molecule has 5 rings (SSSR count). The van der Waals surface area contributed by atoms with Gasteiger partial charge in [0.25, 0.3) is 5.91 Å². The van der Waals surface area contributed by atoms with Crippen molar-refractivity contribution >= 4 is 22.9 Å². The molecule has 1 amide bonds. The summed E-state index contributed by atoms with van der Waals surface area (Å²) in [7, 11) is 0. The topological polar surface area (TPSA) is 124 Å². The quantitative estimate of drug-likeness (QED) is 0.536. The number of nitrogens with two attached hydrogens (primary N) is 1. The minimum Gasteiger partial charge on any atom is -0.375 e. The zero-order valence-electron chi connectivity index (χ0n) is 16.8. The molecule has 0 unspecified atom stereocenters. The molecular weight excluding hydrogens is 421 g/mol. The highest BCUT2D eigenvalue weighted by Gasteiger charge is 2.27. The van der Waals surface area contributed by atoms with Crippen LogP contribution in [0.15, 0.2) is 24.0 Å². The first-order chi connectivity index (χ1) is 15.1. The zero-order valence-corrected chi connectivity index (χ0v) is 17.6. The number of alkyl halides is 1. The maximum absolute atomic E-state index is 13.8. The van der Waals surface area contributed by atoms with Crippen molar-refractivity contribution in [3.8, 4) is 10.6 Å². The molecule has 1 aliphatic heterocycles. The van der Waals surface area contributed by atoms with E-state index in [0.717, 1.165) is 29.1 Å². The number of nitrogens with zero attached hydrogens (tertiary/aromatic N) is 4. The van der Waals surface area contributed by atoms with E-state index >= 15 is 0 Å². The Balaban J connectivity index is 1.23. The summed E-state index contributed by atoms with van der Waals surface area (Å²) in [6.45, 7) is -0.0133. The van der Waals surface area contributed by atoms with Crippen LogP contribution in [-0.2, 0) is 11.2 Å². The smallest absolute Gasteiger partial charge is 0.275 e. The number of H-pyrrole nitrogens is 1. The van der Waals surface area contributed by atoms with E-state index in [9.17, 15) is 9.18 Å². The van der Waals surface area contributed by atoms with Gasteiger partial charge in [0, 0.05) is 29.6 Å². The van der Waals surface area contributed by atoms with Crippen molar-refractivity contribution < 1.29 is 13.9 Å². The minimum absolute atomic E-state index is 0.0133. The highest BCUT2D eigenvalue weighted by Crippen LogP contribution is 2.35. The fourth-order valence-electron chi connectivity index (χ4n) is 3.64. The SMILES string of the molecule is N[C@@H]1CC[C@@H](Cc2[nH]ncc2NC(=O)c2csc(-c3cnn(C4CC4)c3)n2)OC[C@H]1F. The number of carbonyl (C=O) groups is 1. The van der Waals surface area contributed by atoms with Gasteiger partial charge in [0.15, 0.2) is 0 Å². The largest absolute Gasteiger partial charge is 0.375 e. The molecule has 31 heavy (non-hydrogen) atoms. The van der Waals surface area contributed by atoms with Crippen molar-refractivity contribution in [3.05, 3.63) is 35.4 Å². The van der Waals surface area contributed by atoms with Gasteiger partial charge in [-0.3, -0.25) is 14.6 Å². The molecule has 1 saturated heterocycles. The second kappa shape index (κ2) is 8.48. The standard InChI is InChI=1S/C20H24FN7O2S/c21-14-9-30-13(3-4-15(14)22)5-16-17(7-23-27-16)25-19(29)18-10-31-20(26-18)11-6-24-28(8-11)12-1-2-12/h6-8,10,12-15H,1-5,9,22H2,(H,23,27)(H,25,29)/t13-,14+,15+/m0/s1. The first-order valence-electron chi connectivity index (χ1n) is 10.4. The van der Waals surface area contributed by atoms with E-state index in [4.69, 9.17) is 10.5 Å². The summed E-state index contributed by atoms with van der Waals surface area (Å²) in [6.07, 6.45) is 8.00. The molecule has 3 aromatic rings. The van der Waals surface area contributed by atoms with E-state index in [0.29, 0.717) is 36.7 Å². The van der Waals surface area contributed by atoms with E-state index in [1.54, 1.807) is 17.8 Å². The Morgan fingerprint density at radius 2 is 2.23 bits per heavy atom. The van der Waals surface area contributed by atoms with E-state index in [-0.39, 0.29) is 18.6 Å². The molecule has 3 aromatic heterocycles. The van der Waals surface area contributed by atoms with Crippen molar-refractivity contribution in [1.29, 1.82) is 0 Å². The Labute approximate surface area is 182 Å². The maximum atomic E-state index is 13.8. The summed E-state index contributed by atoms with van der Waals surface area (Å²) in [4.78, 5) is 17.2. The summed E-state index contributed by atoms with van der Waals surface area (Å²) in [5.74, 6) is -0.313. The molecule has 0 bridgehead atoms. The molecule has 4 heterocycles. The number of hydrogen-bond donors (Lipinski definition) is 3. The van der Waals surface area contributed by atoms with Gasteiger partial charge in [-0.1, -0.05) is 0 Å². The van der Waals surface area contributed by atoms with Crippen LogP contribution in [0, 0.1) is 0 Å². The molecule has 1 saturated carbocycles. The van der Waals surface area contributed by atoms with Crippen molar-refractivity contribution in [1.82, 2.24) is 25.0 Å². The van der Waals surface area contributed by atoms with Crippen molar-refractivity contribution in [2.24, 2.45) is 5.73 Å². The molecule has 11 heteroatoms. The second-order valence-corrected chi connectivity index (χ2v) is 8.97. The Bertz CT molecular complexity index is 1050. The number of amides is 1. The molecule has 9 nitrogen and oxygen atoms in total. The molecule has 3 atom stereocenters. The maximum Gasteiger partial charge on any atom is 0.275 e. The van der Waals surface area contributed by atoms with Crippen LogP contribution < -0.4 is 11.1 Å². The molecule has 1 aliphatic carbocycles. The van der Waals surface area contributed by atoms with Gasteiger partial charge in [-0.2, -0.15) is 10.2 Å². The fourth-order valence-corrected chi connectivity index (χ4v) is 4.42. The first kappa shape index (κ1) is 20.3. The van der Waals surface area contributed by atoms with Crippen molar-refractivity contribution in [2.75, 3.05) is 11.9 Å². The van der Waals surface area contributed by atoms with Gasteiger partial charge < -0.3 is 15.8 Å². The van der Waals surface area contributed by atoms with Gasteiger partial charge in [-0.25, -0.2) is 9.37 Å². The number of rotatable bonds is 6. The van der Waals surface area contributed by atoms with E-state index in [2.05, 4.69) is 25.6 Å². The number of anilines is 1. The van der Waals surface area contributed by atoms with Crippen LogP contribution in [0.4, 0.5) is 10.1 Å². The monoisotopic (exact) mass is 445 g/mol. The van der Waals surface area contributed by atoms with Crippen LogP contribution in [0.3, 0.4) is 0 Å². The number of carbonyl (C=O) groups excluding carboxylic acids is 1. The number of aromatic amines is 1. The third-order valence-corrected chi connectivity index (χ3v) is 6.57. The third-order valence-electron chi connectivity index (χ3n) is 5.68. The molecule has 0 spiro atoms. The first-order valence-corrected chi connectivity index (χ1v) is 11.3. The number of ether oxygens (including phenoxy) is 1. The summed E-state index contributed by atoms with van der Waals surface area (Å²) >= 11 is 1.41. The lowest BCUT2D eigenvalue weighted by molar-refractivity contribution is 0.0295. The van der Waals surface area contributed by atoms with Crippen LogP contribution in [-0.4, -0.2) is 55.8 Å². The van der Waals surface area contributed by atoms with Gasteiger partial charge in [-0.15, -0.1) is 11.3 Å². The number of hydrogen-bond acceptors (Lipinski definition) is 7.